The molecule has 1 aliphatic rings. The first-order chi connectivity index (χ1) is 8.69. The predicted octanol–water partition coefficient (Wildman–Crippen LogP) is 3.23. The van der Waals surface area contributed by atoms with Crippen molar-refractivity contribution in [2.75, 3.05) is 12.0 Å². The minimum Gasteiger partial charge on any atom is -0.369 e. The van der Waals surface area contributed by atoms with Crippen molar-refractivity contribution < 1.29 is 0 Å². The van der Waals surface area contributed by atoms with Gasteiger partial charge in [0, 0.05) is 22.0 Å². The normalized spacial score (nSPS) is 23.9. The molecule has 0 saturated heterocycles. The fourth-order valence-electron chi connectivity index (χ4n) is 2.70. The van der Waals surface area contributed by atoms with Crippen molar-refractivity contribution in [3.63, 3.8) is 0 Å². The molecule has 1 saturated carbocycles. The van der Waals surface area contributed by atoms with Crippen molar-refractivity contribution in [3.05, 3.63) is 16.7 Å². The number of hydrogen-bond donors (Lipinski definition) is 1. The topological polar surface area (TPSA) is 56.7 Å². The maximum atomic E-state index is 6.06. The van der Waals surface area contributed by atoms with E-state index in [-0.39, 0.29) is 0 Å². The zero-order valence-electron chi connectivity index (χ0n) is 10.1. The lowest BCUT2D eigenvalue weighted by molar-refractivity contribution is 0.537. The number of anilines is 1. The van der Waals surface area contributed by atoms with Crippen molar-refractivity contribution in [1.29, 1.82) is 0 Å². The zero-order chi connectivity index (χ0) is 12.7. The summed E-state index contributed by atoms with van der Waals surface area (Å²) >= 11 is 5.36. The largest absolute Gasteiger partial charge is 0.369 e. The summed E-state index contributed by atoms with van der Waals surface area (Å²) in [7, 11) is 0. The van der Waals surface area contributed by atoms with E-state index in [9.17, 15) is 0 Å². The summed E-state index contributed by atoms with van der Waals surface area (Å²) < 4.78 is 3.05. The van der Waals surface area contributed by atoms with Gasteiger partial charge in [0.15, 0.2) is 5.65 Å². The van der Waals surface area contributed by atoms with E-state index in [0.717, 1.165) is 27.3 Å². The average Bonchev–Trinajstić information content (AvgIpc) is 2.91. The highest BCUT2D eigenvalue weighted by molar-refractivity contribution is 9.10. The molecular weight excluding hydrogens is 312 g/mol. The van der Waals surface area contributed by atoms with Crippen LogP contribution >= 0.6 is 27.7 Å². The lowest BCUT2D eigenvalue weighted by atomic mass is 10.2. The minimum absolute atomic E-state index is 0.445. The summed E-state index contributed by atoms with van der Waals surface area (Å²) in [4.78, 5) is 8.87. The number of halogens is 1. The van der Waals surface area contributed by atoms with Gasteiger partial charge in [0.25, 0.3) is 0 Å². The van der Waals surface area contributed by atoms with Crippen LogP contribution in [0.5, 0.6) is 0 Å². The van der Waals surface area contributed by atoms with Gasteiger partial charge in [-0.25, -0.2) is 9.97 Å². The fourth-order valence-corrected chi connectivity index (χ4v) is 3.81. The van der Waals surface area contributed by atoms with E-state index in [1.165, 1.54) is 12.8 Å². The van der Waals surface area contributed by atoms with Crippen molar-refractivity contribution in [2.24, 2.45) is 0 Å². The van der Waals surface area contributed by atoms with Crippen LogP contribution in [-0.4, -0.2) is 26.0 Å². The van der Waals surface area contributed by atoms with Gasteiger partial charge in [-0.3, -0.25) is 4.57 Å². The molecule has 0 amide bonds. The Morgan fingerprint density at radius 1 is 1.50 bits per heavy atom. The van der Waals surface area contributed by atoms with E-state index in [2.05, 4.69) is 36.7 Å². The van der Waals surface area contributed by atoms with Crippen LogP contribution in [0.2, 0.25) is 0 Å². The number of imidazole rings is 1. The second kappa shape index (κ2) is 4.74. The van der Waals surface area contributed by atoms with Gasteiger partial charge in [-0.2, -0.15) is 11.8 Å². The molecule has 1 fully saturated rings. The van der Waals surface area contributed by atoms with Crippen LogP contribution in [0, 0.1) is 0 Å². The number of hydrogen-bond acceptors (Lipinski definition) is 4. The van der Waals surface area contributed by atoms with Crippen LogP contribution in [0.4, 0.5) is 5.95 Å². The Morgan fingerprint density at radius 3 is 3.06 bits per heavy atom. The van der Waals surface area contributed by atoms with Gasteiger partial charge >= 0.3 is 0 Å². The highest BCUT2D eigenvalue weighted by Crippen LogP contribution is 2.38. The molecule has 2 N–H and O–H groups in total. The van der Waals surface area contributed by atoms with Crippen LogP contribution in [0.15, 0.2) is 16.7 Å². The number of fused-ring (bicyclic) bond motifs is 1. The summed E-state index contributed by atoms with van der Waals surface area (Å²) in [5, 5.41) is 0.738. The number of aromatic nitrogens is 3. The second-order valence-corrected chi connectivity index (χ2v) is 6.71. The Balaban J connectivity index is 2.04. The molecule has 4 nitrogen and oxygen atoms in total. The molecule has 6 heteroatoms. The number of nitrogen functional groups attached to an aromatic ring is 1. The standard InChI is InChI=1S/C12H15BrN4S/c1-18-9-3-2-8(5-9)17-11-10(16-12(17)14)4-7(13)6-15-11/h4,6,8-9H,2-3,5H2,1H3,(H2,14,16). The number of pyridine rings is 1. The summed E-state index contributed by atoms with van der Waals surface area (Å²) in [5.41, 5.74) is 7.83. The molecule has 2 aromatic heterocycles. The summed E-state index contributed by atoms with van der Waals surface area (Å²) in [6.07, 6.45) is 7.56. The quantitative estimate of drug-likeness (QED) is 0.920. The maximum absolute atomic E-state index is 6.06. The minimum atomic E-state index is 0.445. The third-order valence-corrected chi connectivity index (χ3v) is 5.11. The molecule has 0 aromatic carbocycles. The second-order valence-electron chi connectivity index (χ2n) is 4.66. The van der Waals surface area contributed by atoms with Gasteiger partial charge in [-0.1, -0.05) is 0 Å². The van der Waals surface area contributed by atoms with E-state index in [0.29, 0.717) is 12.0 Å². The fraction of sp³-hybridized carbons (Fsp3) is 0.500. The number of nitrogens with two attached hydrogens (primary N) is 1. The molecular formula is C12H15BrN4S. The average molecular weight is 327 g/mol. The van der Waals surface area contributed by atoms with E-state index in [4.69, 9.17) is 5.73 Å². The van der Waals surface area contributed by atoms with Gasteiger partial charge in [-0.15, -0.1) is 0 Å². The van der Waals surface area contributed by atoms with E-state index in [1.54, 1.807) is 6.20 Å². The van der Waals surface area contributed by atoms with Crippen LogP contribution in [0.1, 0.15) is 25.3 Å². The summed E-state index contributed by atoms with van der Waals surface area (Å²) in [6.45, 7) is 0. The van der Waals surface area contributed by atoms with Gasteiger partial charge in [0.2, 0.25) is 5.95 Å². The molecule has 0 spiro atoms. The van der Waals surface area contributed by atoms with Crippen molar-refractivity contribution in [1.82, 2.24) is 14.5 Å². The van der Waals surface area contributed by atoms with Crippen LogP contribution in [0.3, 0.4) is 0 Å². The van der Waals surface area contributed by atoms with Gasteiger partial charge in [0.05, 0.1) is 0 Å². The molecule has 1 aliphatic carbocycles. The van der Waals surface area contributed by atoms with Crippen LogP contribution in [-0.2, 0) is 0 Å². The smallest absolute Gasteiger partial charge is 0.202 e. The van der Waals surface area contributed by atoms with Crippen molar-refractivity contribution >= 4 is 44.8 Å². The van der Waals surface area contributed by atoms with Gasteiger partial charge in [-0.05, 0) is 47.5 Å². The molecule has 96 valence electrons. The molecule has 0 radical (unpaired) electrons. The summed E-state index contributed by atoms with van der Waals surface area (Å²) in [6, 6.07) is 2.41. The van der Waals surface area contributed by atoms with Gasteiger partial charge < -0.3 is 5.73 Å². The van der Waals surface area contributed by atoms with Crippen LogP contribution in [0.25, 0.3) is 11.2 Å². The Kier molecular flexibility index (Phi) is 3.23. The number of rotatable bonds is 2. The molecule has 18 heavy (non-hydrogen) atoms. The van der Waals surface area contributed by atoms with Crippen molar-refractivity contribution in [2.45, 2.75) is 30.6 Å². The molecule has 2 heterocycles. The molecule has 0 bridgehead atoms. The summed E-state index contributed by atoms with van der Waals surface area (Å²) in [5.74, 6) is 0.586. The first kappa shape index (κ1) is 12.3. The Bertz CT molecular complexity index is 583. The molecule has 2 unspecified atom stereocenters. The molecule has 3 rings (SSSR count). The molecule has 2 atom stereocenters. The number of thioether (sulfide) groups is 1. The maximum Gasteiger partial charge on any atom is 0.202 e. The predicted molar refractivity (Wildman–Crippen MR) is 79.8 cm³/mol. The first-order valence-electron chi connectivity index (χ1n) is 6.01. The molecule has 2 aromatic rings. The van der Waals surface area contributed by atoms with E-state index < -0.39 is 0 Å². The van der Waals surface area contributed by atoms with Crippen molar-refractivity contribution in [3.8, 4) is 0 Å². The molecule has 0 aliphatic heterocycles. The van der Waals surface area contributed by atoms with E-state index >= 15 is 0 Å². The van der Waals surface area contributed by atoms with E-state index in [1.807, 2.05) is 17.8 Å². The van der Waals surface area contributed by atoms with Crippen LogP contribution < -0.4 is 5.73 Å². The Hall–Kier alpha value is -0.750. The lowest BCUT2D eigenvalue weighted by Gasteiger charge is -2.14. The Labute approximate surface area is 118 Å². The highest BCUT2D eigenvalue weighted by Gasteiger charge is 2.28. The first-order valence-corrected chi connectivity index (χ1v) is 8.09. The third-order valence-electron chi connectivity index (χ3n) is 3.58. The highest BCUT2D eigenvalue weighted by atomic mass is 79.9. The van der Waals surface area contributed by atoms with Gasteiger partial charge in [0.1, 0.15) is 5.52 Å². The third kappa shape index (κ3) is 2.01. The monoisotopic (exact) mass is 326 g/mol. The lowest BCUT2D eigenvalue weighted by Crippen LogP contribution is -2.10. The zero-order valence-corrected chi connectivity index (χ0v) is 12.5. The number of nitrogens with zero attached hydrogens (tertiary/aromatic N) is 3. The Morgan fingerprint density at radius 2 is 2.33 bits per heavy atom. The SMILES string of the molecule is CSC1CCC(n2c(N)nc3cc(Br)cnc32)C1.